The summed E-state index contributed by atoms with van der Waals surface area (Å²) >= 11 is 0. The van der Waals surface area contributed by atoms with Crippen LogP contribution in [0.25, 0.3) is 11.0 Å². The monoisotopic (exact) mass is 336 g/mol. The summed E-state index contributed by atoms with van der Waals surface area (Å²) in [5.41, 5.74) is 5.29. The Labute approximate surface area is 148 Å². The summed E-state index contributed by atoms with van der Waals surface area (Å²) in [6.07, 6.45) is 4.71. The maximum absolute atomic E-state index is 12.1. The van der Waals surface area contributed by atoms with Crippen molar-refractivity contribution in [3.63, 3.8) is 0 Å². The Morgan fingerprint density at radius 1 is 1.20 bits per heavy atom. The number of carbonyl (C=O) groups excluding carboxylic acids is 1. The lowest BCUT2D eigenvalue weighted by Crippen LogP contribution is -2.30. The minimum Gasteiger partial charge on any atom is -0.338 e. The van der Waals surface area contributed by atoms with Crippen LogP contribution in [0.15, 0.2) is 42.7 Å². The standard InChI is InChI=1S/C20H24N4O/c1-4-24-13-16(18-6-5-8-21-19(18)24)7-9-22-20(25)23-17-11-14(2)10-15(3)12-17/h5-6,8,10-13H,4,7,9H2,1-3H3,(H2,22,23,25). The maximum atomic E-state index is 12.1. The molecule has 3 rings (SSSR count). The average molecular weight is 336 g/mol. The second kappa shape index (κ2) is 7.38. The van der Waals surface area contributed by atoms with Crippen LogP contribution in [0.1, 0.15) is 23.6 Å². The Morgan fingerprint density at radius 3 is 2.68 bits per heavy atom. The Balaban J connectivity index is 1.60. The van der Waals surface area contributed by atoms with Crippen molar-refractivity contribution >= 4 is 22.8 Å². The van der Waals surface area contributed by atoms with Gasteiger partial charge in [-0.25, -0.2) is 9.78 Å². The van der Waals surface area contributed by atoms with Gasteiger partial charge >= 0.3 is 6.03 Å². The molecule has 2 aromatic heterocycles. The molecule has 130 valence electrons. The number of rotatable bonds is 5. The number of amides is 2. The van der Waals surface area contributed by atoms with Crippen molar-refractivity contribution in [2.75, 3.05) is 11.9 Å². The van der Waals surface area contributed by atoms with E-state index in [2.05, 4.69) is 45.4 Å². The number of hydrogen-bond acceptors (Lipinski definition) is 2. The van der Waals surface area contributed by atoms with Crippen LogP contribution in [-0.4, -0.2) is 22.1 Å². The van der Waals surface area contributed by atoms with Gasteiger partial charge in [0.1, 0.15) is 5.65 Å². The first-order chi connectivity index (χ1) is 12.1. The van der Waals surface area contributed by atoms with Crippen LogP contribution < -0.4 is 10.6 Å². The number of nitrogens with zero attached hydrogens (tertiary/aromatic N) is 2. The van der Waals surface area contributed by atoms with E-state index in [1.54, 1.807) is 0 Å². The van der Waals surface area contributed by atoms with Crippen molar-refractivity contribution in [1.29, 1.82) is 0 Å². The molecule has 5 nitrogen and oxygen atoms in total. The minimum atomic E-state index is -0.178. The van der Waals surface area contributed by atoms with E-state index < -0.39 is 0 Å². The molecular weight excluding hydrogens is 312 g/mol. The highest BCUT2D eigenvalue weighted by molar-refractivity contribution is 5.89. The van der Waals surface area contributed by atoms with E-state index in [0.29, 0.717) is 6.54 Å². The number of carbonyl (C=O) groups is 1. The molecule has 0 radical (unpaired) electrons. The van der Waals surface area contributed by atoms with Gasteiger partial charge in [-0.15, -0.1) is 0 Å². The SMILES string of the molecule is CCn1cc(CCNC(=O)Nc2cc(C)cc(C)c2)c2cccnc21. The topological polar surface area (TPSA) is 59.0 Å². The maximum Gasteiger partial charge on any atom is 0.319 e. The summed E-state index contributed by atoms with van der Waals surface area (Å²) in [5.74, 6) is 0. The Hall–Kier alpha value is -2.82. The van der Waals surface area contributed by atoms with Crippen LogP contribution >= 0.6 is 0 Å². The molecule has 1 aromatic carbocycles. The molecule has 0 aliphatic carbocycles. The van der Waals surface area contributed by atoms with Crippen molar-refractivity contribution in [2.24, 2.45) is 0 Å². The molecular formula is C20H24N4O. The number of urea groups is 1. The Kier molecular flexibility index (Phi) is 5.03. The van der Waals surface area contributed by atoms with E-state index in [-0.39, 0.29) is 6.03 Å². The Bertz CT molecular complexity index is 878. The summed E-state index contributed by atoms with van der Waals surface area (Å²) in [6.45, 7) is 7.61. The number of aryl methyl sites for hydroxylation is 3. The van der Waals surface area contributed by atoms with Gasteiger partial charge in [0.15, 0.2) is 0 Å². The molecule has 0 atom stereocenters. The molecule has 2 amide bonds. The molecule has 2 N–H and O–H groups in total. The van der Waals surface area contributed by atoms with Crippen LogP contribution in [-0.2, 0) is 13.0 Å². The van der Waals surface area contributed by atoms with Crippen LogP contribution in [0.2, 0.25) is 0 Å². The van der Waals surface area contributed by atoms with E-state index >= 15 is 0 Å². The first-order valence-electron chi connectivity index (χ1n) is 8.62. The number of benzene rings is 1. The molecule has 25 heavy (non-hydrogen) atoms. The molecule has 3 aromatic rings. The van der Waals surface area contributed by atoms with Crippen LogP contribution in [0, 0.1) is 13.8 Å². The highest BCUT2D eigenvalue weighted by atomic mass is 16.2. The molecule has 0 bridgehead atoms. The van der Waals surface area contributed by atoms with Crippen molar-refractivity contribution in [3.05, 3.63) is 59.4 Å². The largest absolute Gasteiger partial charge is 0.338 e. The second-order valence-corrected chi connectivity index (χ2v) is 6.32. The number of pyridine rings is 1. The molecule has 0 spiro atoms. The first-order valence-corrected chi connectivity index (χ1v) is 8.62. The number of fused-ring (bicyclic) bond motifs is 1. The van der Waals surface area contributed by atoms with Gasteiger partial charge in [-0.3, -0.25) is 0 Å². The fraction of sp³-hybridized carbons (Fsp3) is 0.300. The van der Waals surface area contributed by atoms with Gasteiger partial charge in [0.25, 0.3) is 0 Å². The zero-order valence-corrected chi connectivity index (χ0v) is 15.0. The van der Waals surface area contributed by atoms with E-state index in [4.69, 9.17) is 0 Å². The summed E-state index contributed by atoms with van der Waals surface area (Å²) in [5, 5.41) is 6.98. The molecule has 0 aliphatic rings. The summed E-state index contributed by atoms with van der Waals surface area (Å²) in [7, 11) is 0. The van der Waals surface area contributed by atoms with Gasteiger partial charge in [-0.05, 0) is 68.1 Å². The molecule has 2 heterocycles. The van der Waals surface area contributed by atoms with Crippen molar-refractivity contribution in [1.82, 2.24) is 14.9 Å². The fourth-order valence-corrected chi connectivity index (χ4v) is 3.17. The zero-order chi connectivity index (χ0) is 17.8. The van der Waals surface area contributed by atoms with Gasteiger partial charge in [0, 0.05) is 36.6 Å². The fourth-order valence-electron chi connectivity index (χ4n) is 3.17. The third-order valence-electron chi connectivity index (χ3n) is 4.22. The average Bonchev–Trinajstić information content (AvgIpc) is 2.92. The number of aromatic nitrogens is 2. The third kappa shape index (κ3) is 3.99. The quantitative estimate of drug-likeness (QED) is 0.739. The molecule has 0 aliphatic heterocycles. The number of nitrogens with one attached hydrogen (secondary N) is 2. The second-order valence-electron chi connectivity index (χ2n) is 6.32. The zero-order valence-electron chi connectivity index (χ0n) is 15.0. The predicted molar refractivity (Wildman–Crippen MR) is 102 cm³/mol. The third-order valence-corrected chi connectivity index (χ3v) is 4.22. The first kappa shape index (κ1) is 17.0. The van der Waals surface area contributed by atoms with Gasteiger partial charge in [0.2, 0.25) is 0 Å². The summed E-state index contributed by atoms with van der Waals surface area (Å²) < 4.78 is 2.14. The van der Waals surface area contributed by atoms with Crippen molar-refractivity contribution < 1.29 is 4.79 Å². The molecule has 0 saturated carbocycles. The van der Waals surface area contributed by atoms with Crippen LogP contribution in [0.3, 0.4) is 0 Å². The van der Waals surface area contributed by atoms with E-state index in [0.717, 1.165) is 40.8 Å². The number of anilines is 1. The lowest BCUT2D eigenvalue weighted by Gasteiger charge is -2.09. The minimum absolute atomic E-state index is 0.178. The van der Waals surface area contributed by atoms with Gasteiger partial charge in [0.05, 0.1) is 0 Å². The summed E-state index contributed by atoms with van der Waals surface area (Å²) in [4.78, 5) is 16.6. The predicted octanol–water partition coefficient (Wildman–Crippen LogP) is 4.04. The Morgan fingerprint density at radius 2 is 1.96 bits per heavy atom. The van der Waals surface area contributed by atoms with Gasteiger partial charge < -0.3 is 15.2 Å². The molecule has 5 heteroatoms. The highest BCUT2D eigenvalue weighted by Gasteiger charge is 2.09. The van der Waals surface area contributed by atoms with E-state index in [1.807, 2.05) is 38.2 Å². The molecule has 0 saturated heterocycles. The van der Waals surface area contributed by atoms with Gasteiger partial charge in [-0.2, -0.15) is 0 Å². The highest BCUT2D eigenvalue weighted by Crippen LogP contribution is 2.19. The van der Waals surface area contributed by atoms with Gasteiger partial charge in [-0.1, -0.05) is 6.07 Å². The van der Waals surface area contributed by atoms with Crippen LogP contribution in [0.5, 0.6) is 0 Å². The smallest absolute Gasteiger partial charge is 0.319 e. The van der Waals surface area contributed by atoms with E-state index in [9.17, 15) is 4.79 Å². The van der Waals surface area contributed by atoms with E-state index in [1.165, 1.54) is 5.56 Å². The van der Waals surface area contributed by atoms with Crippen molar-refractivity contribution in [2.45, 2.75) is 33.7 Å². The number of hydrogen-bond donors (Lipinski definition) is 2. The molecule has 0 unspecified atom stereocenters. The summed E-state index contributed by atoms with van der Waals surface area (Å²) in [6, 6.07) is 9.87. The van der Waals surface area contributed by atoms with Crippen LogP contribution in [0.4, 0.5) is 10.5 Å². The lowest BCUT2D eigenvalue weighted by atomic mass is 10.1. The van der Waals surface area contributed by atoms with Crippen molar-refractivity contribution in [3.8, 4) is 0 Å². The normalized spacial score (nSPS) is 10.8. The lowest BCUT2D eigenvalue weighted by molar-refractivity contribution is 0.252. The molecule has 0 fully saturated rings.